The van der Waals surface area contributed by atoms with Crippen molar-refractivity contribution in [3.8, 4) is 0 Å². The molecule has 3 unspecified atom stereocenters. The fraction of sp³-hybridized carbons (Fsp3) is 0.889. The summed E-state index contributed by atoms with van der Waals surface area (Å²) in [6.45, 7) is 0. The van der Waals surface area contributed by atoms with Gasteiger partial charge in [-0.1, -0.05) is 15.9 Å². The van der Waals surface area contributed by atoms with Gasteiger partial charge in [-0.3, -0.25) is 0 Å². The summed E-state index contributed by atoms with van der Waals surface area (Å²) in [4.78, 5) is -2.72. The first-order chi connectivity index (χ1) is 9.06. The third-order valence-electron chi connectivity index (χ3n) is 3.58. The first-order valence-electron chi connectivity index (χ1n) is 5.10. The van der Waals surface area contributed by atoms with Crippen LogP contribution in [-0.4, -0.2) is 39.8 Å². The van der Waals surface area contributed by atoms with Crippen LogP contribution in [0.1, 0.15) is 0 Å². The lowest BCUT2D eigenvalue weighted by atomic mass is 9.67. The Morgan fingerprint density at radius 3 is 1.48 bits per heavy atom. The number of hydrogen-bond donors (Lipinski definition) is 0. The minimum Gasteiger partial charge on any atom is -0.199 e. The van der Waals surface area contributed by atoms with Gasteiger partial charge in [-0.2, -0.15) is 43.9 Å². The average Bonchev–Trinajstić information content (AvgIpc) is 2.39. The Hall–Kier alpha value is 0.0700. The van der Waals surface area contributed by atoms with Gasteiger partial charge in [0.25, 0.3) is 0 Å². The summed E-state index contributed by atoms with van der Waals surface area (Å²) in [7, 11) is 0. The van der Waals surface area contributed by atoms with Crippen molar-refractivity contribution in [1.29, 1.82) is 0 Å². The predicted octanol–water partition coefficient (Wildman–Crippen LogP) is 4.75. The maximum atomic E-state index is 13.4. The molecule has 0 N–H and O–H groups in total. The summed E-state index contributed by atoms with van der Waals surface area (Å²) >= 11 is 6.74. The SMILES string of the molecule is FC1(F)[C](C2C(Br)C(F)(F)C2(F)F)C(Cl)C(F)(F)C1(F)F. The molecule has 0 aromatic carbocycles. The fourth-order valence-electron chi connectivity index (χ4n) is 2.30. The van der Waals surface area contributed by atoms with E-state index in [1.54, 1.807) is 0 Å². The molecule has 1 radical (unpaired) electrons. The third-order valence-corrected chi connectivity index (χ3v) is 5.19. The Morgan fingerprint density at radius 1 is 0.762 bits per heavy atom. The second-order valence-corrected chi connectivity index (χ2v) is 6.14. The second-order valence-electron chi connectivity index (χ2n) is 4.72. The van der Waals surface area contributed by atoms with Gasteiger partial charge in [-0.05, 0) is 0 Å². The van der Waals surface area contributed by atoms with Gasteiger partial charge < -0.3 is 0 Å². The molecule has 2 fully saturated rings. The molecule has 0 aromatic rings. The van der Waals surface area contributed by atoms with E-state index in [0.29, 0.717) is 0 Å². The Bertz CT molecular complexity index is 463. The third kappa shape index (κ3) is 1.65. The first-order valence-corrected chi connectivity index (χ1v) is 6.46. The molecule has 2 aliphatic carbocycles. The van der Waals surface area contributed by atoms with Gasteiger partial charge in [0.2, 0.25) is 0 Å². The van der Waals surface area contributed by atoms with Crippen LogP contribution in [0.2, 0.25) is 0 Å². The van der Waals surface area contributed by atoms with Gasteiger partial charge in [0, 0.05) is 0 Å². The van der Waals surface area contributed by atoms with E-state index in [9.17, 15) is 43.9 Å². The van der Waals surface area contributed by atoms with Crippen LogP contribution in [0.5, 0.6) is 0 Å². The van der Waals surface area contributed by atoms with Gasteiger partial charge in [-0.15, -0.1) is 11.6 Å². The summed E-state index contributed by atoms with van der Waals surface area (Å²) < 4.78 is 131. The van der Waals surface area contributed by atoms with Crippen molar-refractivity contribution in [2.24, 2.45) is 5.92 Å². The highest BCUT2D eigenvalue weighted by Crippen LogP contribution is 2.71. The Balaban J connectivity index is 2.51. The molecule has 0 bridgehead atoms. The summed E-state index contributed by atoms with van der Waals surface area (Å²) in [5.74, 6) is -33.2. The van der Waals surface area contributed by atoms with Crippen LogP contribution in [0.15, 0.2) is 0 Å². The normalized spacial score (nSPS) is 42.6. The zero-order valence-electron chi connectivity index (χ0n) is 9.27. The van der Waals surface area contributed by atoms with Crippen molar-refractivity contribution in [3.63, 3.8) is 0 Å². The van der Waals surface area contributed by atoms with Crippen LogP contribution in [0.3, 0.4) is 0 Å². The monoisotopic (exact) mass is 415 g/mol. The molecular weight excluding hydrogens is 413 g/mol. The molecule has 12 heteroatoms. The van der Waals surface area contributed by atoms with Gasteiger partial charge >= 0.3 is 29.6 Å². The van der Waals surface area contributed by atoms with E-state index in [0.717, 1.165) is 0 Å². The number of alkyl halides is 12. The molecule has 3 atom stereocenters. The van der Waals surface area contributed by atoms with Crippen molar-refractivity contribution in [2.75, 3.05) is 0 Å². The van der Waals surface area contributed by atoms with E-state index < -0.39 is 51.7 Å². The lowest BCUT2D eigenvalue weighted by Gasteiger charge is -2.51. The van der Waals surface area contributed by atoms with E-state index in [1.165, 1.54) is 0 Å². The van der Waals surface area contributed by atoms with E-state index in [4.69, 9.17) is 11.6 Å². The van der Waals surface area contributed by atoms with Crippen LogP contribution in [0.25, 0.3) is 0 Å². The minimum absolute atomic E-state index is 1.96. The standard InChI is InChI=1S/C9H3BrClF10/c10-3-1(5(12,13)7(3,16)17)2-4(11)8(18,19)9(20,21)6(2,14)15/h1,3-4H. The molecule has 2 aliphatic rings. The molecule has 0 spiro atoms. The number of rotatable bonds is 1. The molecule has 123 valence electrons. The van der Waals surface area contributed by atoms with Crippen LogP contribution in [-0.2, 0) is 0 Å². The van der Waals surface area contributed by atoms with E-state index in [1.807, 2.05) is 15.9 Å². The Kier molecular flexibility index (Phi) is 3.42. The van der Waals surface area contributed by atoms with Crippen molar-refractivity contribution >= 4 is 27.5 Å². The zero-order valence-corrected chi connectivity index (χ0v) is 11.6. The molecule has 0 aromatic heterocycles. The number of halogens is 12. The van der Waals surface area contributed by atoms with E-state index in [2.05, 4.69) is 0 Å². The molecule has 0 nitrogen and oxygen atoms in total. The van der Waals surface area contributed by atoms with Crippen LogP contribution < -0.4 is 0 Å². The minimum atomic E-state index is -6.06. The van der Waals surface area contributed by atoms with E-state index >= 15 is 0 Å². The fourth-order valence-corrected chi connectivity index (χ4v) is 3.63. The summed E-state index contributed by atoms with van der Waals surface area (Å²) in [5, 5.41) is -3.51. The highest BCUT2D eigenvalue weighted by molar-refractivity contribution is 9.09. The molecule has 0 saturated heterocycles. The highest BCUT2D eigenvalue weighted by atomic mass is 79.9. The quantitative estimate of drug-likeness (QED) is 0.428. The molecule has 21 heavy (non-hydrogen) atoms. The topological polar surface area (TPSA) is 0 Å². The van der Waals surface area contributed by atoms with Crippen molar-refractivity contribution in [1.82, 2.24) is 0 Å². The lowest BCUT2D eigenvalue weighted by molar-refractivity contribution is -0.313. The average molecular weight is 416 g/mol. The van der Waals surface area contributed by atoms with Gasteiger partial charge in [0.15, 0.2) is 0 Å². The zero-order chi connectivity index (χ0) is 16.8. The molecular formula is C9H3BrClF10. The maximum Gasteiger partial charge on any atom is 0.374 e. The largest absolute Gasteiger partial charge is 0.374 e. The van der Waals surface area contributed by atoms with Crippen molar-refractivity contribution < 1.29 is 43.9 Å². The molecule has 2 rings (SSSR count). The molecule has 0 amide bonds. The Morgan fingerprint density at radius 2 is 1.19 bits per heavy atom. The smallest absolute Gasteiger partial charge is 0.199 e. The summed E-state index contributed by atoms with van der Waals surface area (Å²) in [6, 6.07) is 0. The summed E-state index contributed by atoms with van der Waals surface area (Å²) in [5.41, 5.74) is 0. The molecule has 2 saturated carbocycles. The molecule has 0 aliphatic heterocycles. The van der Waals surface area contributed by atoms with Gasteiger partial charge in [0.05, 0.1) is 16.7 Å². The highest BCUT2D eigenvalue weighted by Gasteiger charge is 2.92. The van der Waals surface area contributed by atoms with Crippen LogP contribution >= 0.6 is 27.5 Å². The van der Waals surface area contributed by atoms with Crippen molar-refractivity contribution in [3.05, 3.63) is 5.92 Å². The van der Waals surface area contributed by atoms with Crippen LogP contribution in [0, 0.1) is 11.8 Å². The Labute approximate surface area is 123 Å². The van der Waals surface area contributed by atoms with Gasteiger partial charge in [0.1, 0.15) is 5.38 Å². The first kappa shape index (κ1) is 17.4. The van der Waals surface area contributed by atoms with E-state index in [-0.39, 0.29) is 0 Å². The maximum absolute atomic E-state index is 13.4. The predicted molar refractivity (Wildman–Crippen MR) is 53.8 cm³/mol. The molecule has 0 heterocycles. The van der Waals surface area contributed by atoms with Crippen molar-refractivity contribution in [2.45, 2.75) is 39.8 Å². The van der Waals surface area contributed by atoms with Crippen LogP contribution in [0.4, 0.5) is 43.9 Å². The lowest BCUT2D eigenvalue weighted by Crippen LogP contribution is -2.71. The van der Waals surface area contributed by atoms with Gasteiger partial charge in [-0.25, -0.2) is 0 Å². The number of hydrogen-bond acceptors (Lipinski definition) is 0. The second kappa shape index (κ2) is 4.12. The summed E-state index contributed by atoms with van der Waals surface area (Å²) in [6.07, 6.45) is 0.